The van der Waals surface area contributed by atoms with Crippen molar-refractivity contribution in [2.24, 2.45) is 5.73 Å². The number of aliphatic hydroxyl groups is 1. The normalized spacial score (nSPS) is 22.4. The molecule has 0 aromatic heterocycles. The number of methoxy groups -OCH3 is 1. The fraction of sp³-hybridized carbons (Fsp3) is 0.571. The predicted molar refractivity (Wildman–Crippen MR) is 71.3 cm³/mol. The third kappa shape index (κ3) is 2.72. The molecule has 18 heavy (non-hydrogen) atoms. The zero-order chi connectivity index (χ0) is 13.0. The van der Waals surface area contributed by atoms with Gasteiger partial charge in [-0.25, -0.2) is 0 Å². The Bertz CT molecular complexity index is 384. The first kappa shape index (κ1) is 13.5. The van der Waals surface area contributed by atoms with E-state index in [1.807, 2.05) is 6.07 Å². The summed E-state index contributed by atoms with van der Waals surface area (Å²) in [6.45, 7) is 2.32. The Morgan fingerprint density at radius 2 is 2.06 bits per heavy atom. The summed E-state index contributed by atoms with van der Waals surface area (Å²) < 4.78 is 5.14. The Balaban J connectivity index is 2.16. The summed E-state index contributed by atoms with van der Waals surface area (Å²) in [4.78, 5) is 2.26. The molecule has 0 spiro atoms. The fourth-order valence-corrected chi connectivity index (χ4v) is 2.75. The van der Waals surface area contributed by atoms with Gasteiger partial charge in [0.25, 0.3) is 0 Å². The van der Waals surface area contributed by atoms with Crippen molar-refractivity contribution in [1.82, 2.24) is 4.90 Å². The molecule has 1 aromatic carbocycles. The van der Waals surface area contributed by atoms with Crippen molar-refractivity contribution in [3.8, 4) is 0 Å². The number of fused-ring (bicyclic) bond motifs is 1. The Morgan fingerprint density at radius 3 is 2.72 bits per heavy atom. The van der Waals surface area contributed by atoms with E-state index >= 15 is 0 Å². The molecular weight excluding hydrogens is 228 g/mol. The summed E-state index contributed by atoms with van der Waals surface area (Å²) in [7, 11) is 1.70. The van der Waals surface area contributed by atoms with Gasteiger partial charge in [0.15, 0.2) is 0 Å². The van der Waals surface area contributed by atoms with Crippen LogP contribution in [-0.4, -0.2) is 43.4 Å². The third-order valence-corrected chi connectivity index (χ3v) is 3.64. The molecule has 100 valence electrons. The van der Waals surface area contributed by atoms with Gasteiger partial charge < -0.3 is 15.6 Å². The van der Waals surface area contributed by atoms with Crippen molar-refractivity contribution in [2.45, 2.75) is 18.5 Å². The summed E-state index contributed by atoms with van der Waals surface area (Å²) in [5.74, 6) is 0. The number of benzene rings is 1. The Morgan fingerprint density at radius 1 is 1.33 bits per heavy atom. The molecule has 2 unspecified atom stereocenters. The van der Waals surface area contributed by atoms with Crippen LogP contribution in [0.15, 0.2) is 24.3 Å². The summed E-state index contributed by atoms with van der Waals surface area (Å²) in [6, 6.07) is 8.75. The first-order chi connectivity index (χ1) is 8.77. The number of hydrogen-bond acceptors (Lipinski definition) is 4. The minimum Gasteiger partial charge on any atom is -0.395 e. The van der Waals surface area contributed by atoms with Crippen molar-refractivity contribution >= 4 is 0 Å². The molecule has 0 fully saturated rings. The molecule has 0 heterocycles. The topological polar surface area (TPSA) is 58.7 Å². The third-order valence-electron chi connectivity index (χ3n) is 3.64. The second-order valence-electron chi connectivity index (χ2n) is 4.74. The van der Waals surface area contributed by atoms with E-state index in [4.69, 9.17) is 10.5 Å². The number of nitrogens with zero attached hydrogens (tertiary/aromatic N) is 1. The van der Waals surface area contributed by atoms with Crippen LogP contribution in [0, 0.1) is 0 Å². The van der Waals surface area contributed by atoms with Crippen molar-refractivity contribution < 1.29 is 9.84 Å². The predicted octanol–water partition coefficient (Wildman–Crippen LogP) is 1.07. The van der Waals surface area contributed by atoms with Gasteiger partial charge in [0.2, 0.25) is 0 Å². The lowest BCUT2D eigenvalue weighted by atomic mass is 10.1. The molecule has 4 heteroatoms. The average Bonchev–Trinajstić information content (AvgIpc) is 2.73. The molecule has 0 bridgehead atoms. The quantitative estimate of drug-likeness (QED) is 0.793. The highest BCUT2D eigenvalue weighted by molar-refractivity contribution is 5.37. The van der Waals surface area contributed by atoms with Crippen molar-refractivity contribution in [3.05, 3.63) is 35.4 Å². The van der Waals surface area contributed by atoms with Crippen LogP contribution in [0.25, 0.3) is 0 Å². The molecule has 0 amide bonds. The van der Waals surface area contributed by atoms with E-state index in [2.05, 4.69) is 23.1 Å². The molecule has 0 radical (unpaired) electrons. The molecule has 1 aliphatic carbocycles. The molecule has 0 aliphatic heterocycles. The van der Waals surface area contributed by atoms with Gasteiger partial charge in [-0.3, -0.25) is 4.90 Å². The SMILES string of the molecule is COCCN(CCO)C1CC(N)c2ccccc21. The maximum Gasteiger partial charge on any atom is 0.0589 e. The van der Waals surface area contributed by atoms with E-state index in [9.17, 15) is 5.11 Å². The minimum atomic E-state index is 0.106. The van der Waals surface area contributed by atoms with E-state index in [1.54, 1.807) is 7.11 Å². The first-order valence-electron chi connectivity index (χ1n) is 6.46. The highest BCUT2D eigenvalue weighted by Gasteiger charge is 2.31. The van der Waals surface area contributed by atoms with E-state index in [0.29, 0.717) is 19.2 Å². The molecule has 2 atom stereocenters. The van der Waals surface area contributed by atoms with Gasteiger partial charge in [0.05, 0.1) is 13.2 Å². The van der Waals surface area contributed by atoms with Crippen molar-refractivity contribution in [2.75, 3.05) is 33.4 Å². The monoisotopic (exact) mass is 250 g/mol. The van der Waals surface area contributed by atoms with Crippen LogP contribution < -0.4 is 5.73 Å². The van der Waals surface area contributed by atoms with Crippen LogP contribution in [0.4, 0.5) is 0 Å². The summed E-state index contributed by atoms with van der Waals surface area (Å²) >= 11 is 0. The lowest BCUT2D eigenvalue weighted by molar-refractivity contribution is 0.0993. The first-order valence-corrected chi connectivity index (χ1v) is 6.46. The molecule has 2 rings (SSSR count). The van der Waals surface area contributed by atoms with Crippen molar-refractivity contribution in [3.63, 3.8) is 0 Å². The molecule has 0 saturated carbocycles. The highest BCUT2D eigenvalue weighted by Crippen LogP contribution is 2.40. The van der Waals surface area contributed by atoms with Gasteiger partial charge in [-0.1, -0.05) is 24.3 Å². The number of rotatable bonds is 6. The largest absolute Gasteiger partial charge is 0.395 e. The van der Waals surface area contributed by atoms with Crippen LogP contribution in [0.2, 0.25) is 0 Å². The Kier molecular flexibility index (Phi) is 4.72. The van der Waals surface area contributed by atoms with Gasteiger partial charge >= 0.3 is 0 Å². The van der Waals surface area contributed by atoms with E-state index in [-0.39, 0.29) is 12.6 Å². The minimum absolute atomic E-state index is 0.106. The fourth-order valence-electron chi connectivity index (χ4n) is 2.75. The molecule has 4 nitrogen and oxygen atoms in total. The molecule has 0 saturated heterocycles. The van der Waals surface area contributed by atoms with Gasteiger partial charge in [0, 0.05) is 32.3 Å². The molecule has 1 aliphatic rings. The summed E-state index contributed by atoms with van der Waals surface area (Å²) in [5, 5.41) is 9.20. The van der Waals surface area contributed by atoms with Gasteiger partial charge in [0.1, 0.15) is 0 Å². The zero-order valence-electron chi connectivity index (χ0n) is 10.9. The maximum absolute atomic E-state index is 9.20. The second-order valence-corrected chi connectivity index (χ2v) is 4.74. The maximum atomic E-state index is 9.20. The molecule has 3 N–H and O–H groups in total. The number of aliphatic hydroxyl groups excluding tert-OH is 1. The summed E-state index contributed by atoms with van der Waals surface area (Å²) in [5.41, 5.74) is 8.72. The molecule has 1 aromatic rings. The van der Waals surface area contributed by atoms with Crippen LogP contribution in [0.3, 0.4) is 0 Å². The van der Waals surface area contributed by atoms with Crippen LogP contribution in [0.5, 0.6) is 0 Å². The van der Waals surface area contributed by atoms with Gasteiger partial charge in [-0.2, -0.15) is 0 Å². The number of hydrogen-bond donors (Lipinski definition) is 2. The van der Waals surface area contributed by atoms with Crippen LogP contribution in [0.1, 0.15) is 29.6 Å². The smallest absolute Gasteiger partial charge is 0.0589 e. The molecular formula is C14H22N2O2. The van der Waals surface area contributed by atoms with E-state index in [1.165, 1.54) is 11.1 Å². The van der Waals surface area contributed by atoms with E-state index < -0.39 is 0 Å². The van der Waals surface area contributed by atoms with Crippen LogP contribution in [-0.2, 0) is 4.74 Å². The lowest BCUT2D eigenvalue weighted by Gasteiger charge is -2.28. The Labute approximate surface area is 108 Å². The number of nitrogens with two attached hydrogens (primary N) is 1. The highest BCUT2D eigenvalue weighted by atomic mass is 16.5. The van der Waals surface area contributed by atoms with Crippen molar-refractivity contribution in [1.29, 1.82) is 0 Å². The van der Waals surface area contributed by atoms with Gasteiger partial charge in [-0.15, -0.1) is 0 Å². The lowest BCUT2D eigenvalue weighted by Crippen LogP contribution is -2.33. The number of ether oxygens (including phenoxy) is 1. The zero-order valence-corrected chi connectivity index (χ0v) is 10.9. The van der Waals surface area contributed by atoms with E-state index in [0.717, 1.165) is 13.0 Å². The summed E-state index contributed by atoms with van der Waals surface area (Å²) in [6.07, 6.45) is 0.920. The standard InChI is InChI=1S/C14H22N2O2/c1-18-9-7-16(6-8-17)14-10-13(15)11-4-2-3-5-12(11)14/h2-5,13-14,17H,6-10,15H2,1H3. The second kappa shape index (κ2) is 6.29. The Hall–Kier alpha value is -0.940. The average molecular weight is 250 g/mol. The van der Waals surface area contributed by atoms with Gasteiger partial charge in [-0.05, 0) is 17.5 Å². The van der Waals surface area contributed by atoms with Crippen LogP contribution >= 0.6 is 0 Å².